The van der Waals surface area contributed by atoms with Crippen LogP contribution in [0.25, 0.3) is 0 Å². The maximum atomic E-state index is 11.8. The van der Waals surface area contributed by atoms with Crippen molar-refractivity contribution in [1.82, 2.24) is 5.32 Å². The number of hydrogen-bond acceptors (Lipinski definition) is 3. The van der Waals surface area contributed by atoms with Crippen LogP contribution in [0.3, 0.4) is 0 Å². The molecule has 4 nitrogen and oxygen atoms in total. The normalized spacial score (nSPS) is 12.4. The van der Waals surface area contributed by atoms with Gasteiger partial charge in [0, 0.05) is 13.0 Å². The topological polar surface area (TPSA) is 62.5 Å². The first-order valence-electron chi connectivity index (χ1n) is 6.70. The lowest BCUT2D eigenvalue weighted by Crippen LogP contribution is -2.26. The summed E-state index contributed by atoms with van der Waals surface area (Å²) in [5.74, 6) is 1.05. The van der Waals surface area contributed by atoms with E-state index < -0.39 is 0 Å². The third kappa shape index (κ3) is 3.88. The molecule has 0 saturated heterocycles. The number of aliphatic hydroxyl groups is 1. The van der Waals surface area contributed by atoms with Crippen LogP contribution in [0, 0.1) is 0 Å². The van der Waals surface area contributed by atoms with Crippen molar-refractivity contribution >= 4 is 5.91 Å². The quantitative estimate of drug-likeness (QED) is 0.783. The molecule has 1 rings (SSSR count). The monoisotopic (exact) mass is 253 g/mol. The molecule has 0 aliphatic rings. The Hall–Kier alpha value is -1.29. The molecule has 0 bridgehead atoms. The van der Waals surface area contributed by atoms with Gasteiger partial charge in [0.2, 0.25) is 0 Å². The lowest BCUT2D eigenvalue weighted by atomic mass is 10.1. The minimum atomic E-state index is -0.348. The van der Waals surface area contributed by atoms with Crippen LogP contribution in [0.4, 0.5) is 0 Å². The van der Waals surface area contributed by atoms with E-state index >= 15 is 0 Å². The molecule has 0 aliphatic carbocycles. The molecular formula is C14H23NO3. The fourth-order valence-corrected chi connectivity index (χ4v) is 1.82. The standard InChI is InChI=1S/C14H23NO3/c1-4-10-9-13(18-12(10)6-3)14(17)15-8-7-11(16)5-2/h9,11,16H,4-8H2,1-3H3,(H,15,17). The Morgan fingerprint density at radius 3 is 2.61 bits per heavy atom. The number of furan rings is 1. The Bertz CT molecular complexity index is 363. The smallest absolute Gasteiger partial charge is 0.287 e. The molecule has 4 heteroatoms. The second kappa shape index (κ2) is 7.21. The van der Waals surface area contributed by atoms with Crippen LogP contribution in [-0.4, -0.2) is 23.7 Å². The number of hydrogen-bond donors (Lipinski definition) is 2. The highest BCUT2D eigenvalue weighted by Crippen LogP contribution is 2.16. The molecule has 1 unspecified atom stereocenters. The van der Waals surface area contributed by atoms with Crippen LogP contribution >= 0.6 is 0 Å². The minimum Gasteiger partial charge on any atom is -0.456 e. The second-order valence-corrected chi connectivity index (χ2v) is 4.37. The van der Waals surface area contributed by atoms with Gasteiger partial charge in [0.15, 0.2) is 5.76 Å². The molecular weight excluding hydrogens is 230 g/mol. The predicted octanol–water partition coefficient (Wildman–Crippen LogP) is 2.30. The summed E-state index contributed by atoms with van der Waals surface area (Å²) in [5, 5.41) is 12.2. The second-order valence-electron chi connectivity index (χ2n) is 4.37. The largest absolute Gasteiger partial charge is 0.456 e. The van der Waals surface area contributed by atoms with Gasteiger partial charge in [0.25, 0.3) is 5.91 Å². The van der Waals surface area contributed by atoms with E-state index in [-0.39, 0.29) is 12.0 Å². The zero-order valence-electron chi connectivity index (χ0n) is 11.5. The maximum absolute atomic E-state index is 11.8. The molecule has 1 heterocycles. The van der Waals surface area contributed by atoms with Crippen molar-refractivity contribution in [3.8, 4) is 0 Å². The Morgan fingerprint density at radius 2 is 2.11 bits per heavy atom. The van der Waals surface area contributed by atoms with Crippen molar-refractivity contribution in [2.45, 2.75) is 52.6 Å². The molecule has 0 spiro atoms. The van der Waals surface area contributed by atoms with Crippen LogP contribution < -0.4 is 5.32 Å². The van der Waals surface area contributed by atoms with Crippen molar-refractivity contribution < 1.29 is 14.3 Å². The Morgan fingerprint density at radius 1 is 1.39 bits per heavy atom. The van der Waals surface area contributed by atoms with Gasteiger partial charge in [-0.05, 0) is 30.9 Å². The average Bonchev–Trinajstić information content (AvgIpc) is 2.81. The van der Waals surface area contributed by atoms with E-state index in [0.717, 1.165) is 24.2 Å². The minimum absolute atomic E-state index is 0.201. The van der Waals surface area contributed by atoms with Crippen molar-refractivity contribution in [1.29, 1.82) is 0 Å². The first-order chi connectivity index (χ1) is 8.62. The van der Waals surface area contributed by atoms with E-state index in [1.54, 1.807) is 0 Å². The Labute approximate surface area is 108 Å². The van der Waals surface area contributed by atoms with Gasteiger partial charge in [-0.1, -0.05) is 20.8 Å². The highest BCUT2D eigenvalue weighted by Gasteiger charge is 2.14. The summed E-state index contributed by atoms with van der Waals surface area (Å²) in [6.45, 7) is 6.44. The first-order valence-corrected chi connectivity index (χ1v) is 6.70. The molecule has 18 heavy (non-hydrogen) atoms. The van der Waals surface area contributed by atoms with Gasteiger partial charge in [-0.3, -0.25) is 4.79 Å². The highest BCUT2D eigenvalue weighted by molar-refractivity contribution is 5.91. The Balaban J connectivity index is 2.53. The van der Waals surface area contributed by atoms with Gasteiger partial charge < -0.3 is 14.8 Å². The van der Waals surface area contributed by atoms with Gasteiger partial charge in [0.05, 0.1) is 6.10 Å². The third-order valence-electron chi connectivity index (χ3n) is 3.06. The summed E-state index contributed by atoms with van der Waals surface area (Å²) in [5.41, 5.74) is 1.09. The van der Waals surface area contributed by atoms with Crippen molar-refractivity contribution in [3.05, 3.63) is 23.2 Å². The lowest BCUT2D eigenvalue weighted by molar-refractivity contribution is 0.0913. The van der Waals surface area contributed by atoms with E-state index in [9.17, 15) is 9.90 Å². The summed E-state index contributed by atoms with van der Waals surface area (Å²) in [6.07, 6.45) is 2.60. The van der Waals surface area contributed by atoms with Gasteiger partial charge in [-0.2, -0.15) is 0 Å². The van der Waals surface area contributed by atoms with E-state index in [2.05, 4.69) is 5.32 Å². The number of rotatable bonds is 7. The number of carbonyl (C=O) groups is 1. The van der Waals surface area contributed by atoms with Gasteiger partial charge in [-0.25, -0.2) is 0 Å². The Kier molecular flexibility index (Phi) is 5.92. The fraction of sp³-hybridized carbons (Fsp3) is 0.643. The molecule has 1 aromatic heterocycles. The molecule has 1 aromatic rings. The molecule has 102 valence electrons. The van der Waals surface area contributed by atoms with Crippen LogP contribution in [0.15, 0.2) is 10.5 Å². The van der Waals surface area contributed by atoms with Crippen LogP contribution in [0.1, 0.15) is 55.5 Å². The third-order valence-corrected chi connectivity index (χ3v) is 3.06. The predicted molar refractivity (Wildman–Crippen MR) is 70.7 cm³/mol. The van der Waals surface area contributed by atoms with Crippen molar-refractivity contribution in [2.24, 2.45) is 0 Å². The SMILES string of the molecule is CCc1cc(C(=O)NCCC(O)CC)oc1CC. The number of nitrogens with one attached hydrogen (secondary N) is 1. The number of carbonyl (C=O) groups excluding carboxylic acids is 1. The molecule has 0 radical (unpaired) electrons. The number of aryl methyl sites for hydroxylation is 2. The van der Waals surface area contributed by atoms with E-state index in [4.69, 9.17) is 4.42 Å². The zero-order valence-corrected chi connectivity index (χ0v) is 11.5. The van der Waals surface area contributed by atoms with Gasteiger partial charge in [-0.15, -0.1) is 0 Å². The number of amides is 1. The molecule has 0 fully saturated rings. The molecule has 2 N–H and O–H groups in total. The summed E-state index contributed by atoms with van der Waals surface area (Å²) in [7, 11) is 0. The van der Waals surface area contributed by atoms with Crippen molar-refractivity contribution in [2.75, 3.05) is 6.54 Å². The van der Waals surface area contributed by atoms with Crippen LogP contribution in [-0.2, 0) is 12.8 Å². The lowest BCUT2D eigenvalue weighted by Gasteiger charge is -2.07. The van der Waals surface area contributed by atoms with E-state index in [1.807, 2.05) is 26.8 Å². The fourth-order valence-electron chi connectivity index (χ4n) is 1.82. The maximum Gasteiger partial charge on any atom is 0.287 e. The first kappa shape index (κ1) is 14.8. The van der Waals surface area contributed by atoms with Crippen LogP contribution in [0.2, 0.25) is 0 Å². The summed E-state index contributed by atoms with van der Waals surface area (Å²) < 4.78 is 5.53. The van der Waals surface area contributed by atoms with Crippen LogP contribution in [0.5, 0.6) is 0 Å². The van der Waals surface area contributed by atoms with E-state index in [0.29, 0.717) is 25.1 Å². The van der Waals surface area contributed by atoms with E-state index in [1.165, 1.54) is 0 Å². The summed E-state index contributed by atoms with van der Waals surface area (Å²) >= 11 is 0. The molecule has 0 aromatic carbocycles. The molecule has 0 aliphatic heterocycles. The highest BCUT2D eigenvalue weighted by atomic mass is 16.4. The van der Waals surface area contributed by atoms with Gasteiger partial charge >= 0.3 is 0 Å². The molecule has 1 amide bonds. The summed E-state index contributed by atoms with van der Waals surface area (Å²) in [4.78, 5) is 11.8. The molecule has 0 saturated carbocycles. The average molecular weight is 253 g/mol. The van der Waals surface area contributed by atoms with Crippen molar-refractivity contribution in [3.63, 3.8) is 0 Å². The number of aliphatic hydroxyl groups excluding tert-OH is 1. The summed E-state index contributed by atoms with van der Waals surface area (Å²) in [6, 6.07) is 1.81. The van der Waals surface area contributed by atoms with Gasteiger partial charge in [0.1, 0.15) is 5.76 Å². The zero-order chi connectivity index (χ0) is 13.5. The molecule has 1 atom stereocenters.